The summed E-state index contributed by atoms with van der Waals surface area (Å²) in [6.07, 6.45) is 6.40. The molecule has 1 N–H and O–H groups in total. The first-order valence-electron chi connectivity index (χ1n) is 9.65. The predicted octanol–water partition coefficient (Wildman–Crippen LogP) is 3.86. The number of Topliss-reactive ketones (excluding diaryl/α,β-unsaturated/α-hetero) is 1. The molecule has 4 atom stereocenters. The third-order valence-corrected chi connectivity index (χ3v) is 7.29. The maximum atomic E-state index is 12.5. The van der Waals surface area contributed by atoms with Crippen LogP contribution in [-0.2, 0) is 16.6 Å². The second kappa shape index (κ2) is 6.09. The topological polar surface area (TPSA) is 40.5 Å². The van der Waals surface area contributed by atoms with Crippen molar-refractivity contribution in [3.63, 3.8) is 0 Å². The van der Waals surface area contributed by atoms with Crippen LogP contribution in [0.1, 0.15) is 50.2 Å². The highest BCUT2D eigenvalue weighted by molar-refractivity contribution is 8.93. The van der Waals surface area contributed by atoms with Crippen LogP contribution in [0.5, 0.6) is 5.75 Å². The van der Waals surface area contributed by atoms with Gasteiger partial charge in [-0.05, 0) is 73.2 Å². The molecule has 3 aliphatic carbocycles. The predicted molar refractivity (Wildman–Crippen MR) is 103 cm³/mol. The van der Waals surface area contributed by atoms with E-state index in [0.717, 1.165) is 31.7 Å². The van der Waals surface area contributed by atoms with Gasteiger partial charge in [0, 0.05) is 30.8 Å². The van der Waals surface area contributed by atoms with Crippen molar-refractivity contribution in [3.05, 3.63) is 29.3 Å². The molecular formula is C21H28BrNO2. The average Bonchev–Trinajstić information content (AvgIpc) is 3.34. The first kappa shape index (κ1) is 17.5. The van der Waals surface area contributed by atoms with E-state index in [1.807, 2.05) is 12.1 Å². The molecule has 25 heavy (non-hydrogen) atoms. The quantitative estimate of drug-likeness (QED) is 0.811. The van der Waals surface area contributed by atoms with Crippen molar-refractivity contribution >= 4 is 22.8 Å². The summed E-state index contributed by atoms with van der Waals surface area (Å²) in [6.45, 7) is 4.66. The first-order valence-corrected chi connectivity index (χ1v) is 9.65. The van der Waals surface area contributed by atoms with Gasteiger partial charge in [-0.3, -0.25) is 9.69 Å². The zero-order chi connectivity index (χ0) is 16.5. The van der Waals surface area contributed by atoms with E-state index >= 15 is 0 Å². The highest BCUT2D eigenvalue weighted by Gasteiger charge is 2.58. The number of rotatable bonds is 2. The molecule has 0 aromatic heterocycles. The zero-order valence-corrected chi connectivity index (χ0v) is 16.6. The summed E-state index contributed by atoms with van der Waals surface area (Å²) >= 11 is 0. The summed E-state index contributed by atoms with van der Waals surface area (Å²) in [5.74, 6) is 2.71. The number of halogens is 1. The highest BCUT2D eigenvalue weighted by Crippen LogP contribution is 2.57. The number of carbonyl (C=O) groups excluding carboxylic acids is 1. The largest absolute Gasteiger partial charge is 0.508 e. The fraction of sp³-hybridized carbons (Fsp3) is 0.667. The van der Waals surface area contributed by atoms with Crippen molar-refractivity contribution in [1.29, 1.82) is 0 Å². The van der Waals surface area contributed by atoms with E-state index in [9.17, 15) is 9.90 Å². The van der Waals surface area contributed by atoms with Crippen LogP contribution < -0.4 is 0 Å². The standard InChI is InChI=1S/C21H27NO2.BrH/c1-13-8-17(24)11-21-6-7-22(12-14-2-3-14)19(20(13)21)9-15-4-5-16(23)10-18(15)21;/h4-5,10,13-14,19-20,23H,2-3,6-9,11-12H2,1H3;1H/t13-,19?,20-,21?;/m1./s1. The molecule has 2 bridgehead atoms. The molecule has 1 aliphatic heterocycles. The minimum absolute atomic E-state index is 0. The summed E-state index contributed by atoms with van der Waals surface area (Å²) < 4.78 is 0. The lowest BCUT2D eigenvalue weighted by Gasteiger charge is -2.60. The molecule has 1 saturated heterocycles. The van der Waals surface area contributed by atoms with Gasteiger partial charge in [-0.15, -0.1) is 17.0 Å². The Kier molecular flexibility index (Phi) is 4.27. The lowest BCUT2D eigenvalue weighted by Crippen LogP contribution is -2.64. The minimum Gasteiger partial charge on any atom is -0.508 e. The Morgan fingerprint density at radius 3 is 2.84 bits per heavy atom. The molecule has 5 rings (SSSR count). The van der Waals surface area contributed by atoms with Crippen LogP contribution in [0.3, 0.4) is 0 Å². The number of hydrogen-bond donors (Lipinski definition) is 1. The minimum atomic E-state index is -0.0220. The summed E-state index contributed by atoms with van der Waals surface area (Å²) in [7, 11) is 0. The summed E-state index contributed by atoms with van der Waals surface area (Å²) in [6, 6.07) is 6.49. The molecule has 4 heteroatoms. The molecule has 0 radical (unpaired) electrons. The van der Waals surface area contributed by atoms with E-state index in [1.54, 1.807) is 0 Å². The van der Waals surface area contributed by atoms with Crippen LogP contribution in [0.15, 0.2) is 18.2 Å². The fourth-order valence-corrected chi connectivity index (χ4v) is 6.27. The van der Waals surface area contributed by atoms with E-state index in [0.29, 0.717) is 35.8 Å². The molecule has 1 heterocycles. The molecule has 4 aliphatic rings. The number of phenolic OH excluding ortho intramolecular Hbond substituents is 1. The van der Waals surface area contributed by atoms with Crippen LogP contribution in [0.2, 0.25) is 0 Å². The van der Waals surface area contributed by atoms with Gasteiger partial charge in [-0.1, -0.05) is 13.0 Å². The van der Waals surface area contributed by atoms with Crippen LogP contribution >= 0.6 is 17.0 Å². The van der Waals surface area contributed by atoms with Gasteiger partial charge in [0.05, 0.1) is 0 Å². The fourth-order valence-electron chi connectivity index (χ4n) is 6.27. The number of ketones is 1. The van der Waals surface area contributed by atoms with Crippen molar-refractivity contribution in [2.75, 3.05) is 13.1 Å². The van der Waals surface area contributed by atoms with E-state index in [1.165, 1.54) is 30.5 Å². The lowest BCUT2D eigenvalue weighted by molar-refractivity contribution is -0.131. The smallest absolute Gasteiger partial charge is 0.134 e. The van der Waals surface area contributed by atoms with Gasteiger partial charge in [0.2, 0.25) is 0 Å². The molecule has 2 saturated carbocycles. The van der Waals surface area contributed by atoms with Gasteiger partial charge in [-0.2, -0.15) is 0 Å². The van der Waals surface area contributed by atoms with Crippen LogP contribution in [0.4, 0.5) is 0 Å². The summed E-state index contributed by atoms with van der Waals surface area (Å²) in [5, 5.41) is 10.1. The molecule has 1 aromatic rings. The van der Waals surface area contributed by atoms with Crippen molar-refractivity contribution in [1.82, 2.24) is 4.90 Å². The van der Waals surface area contributed by atoms with Crippen molar-refractivity contribution < 1.29 is 9.90 Å². The monoisotopic (exact) mass is 405 g/mol. The van der Waals surface area contributed by atoms with Crippen molar-refractivity contribution in [2.24, 2.45) is 17.8 Å². The Hall–Kier alpha value is -0.870. The van der Waals surface area contributed by atoms with Gasteiger partial charge in [-0.25, -0.2) is 0 Å². The van der Waals surface area contributed by atoms with E-state index < -0.39 is 0 Å². The first-order chi connectivity index (χ1) is 11.6. The molecule has 0 amide bonds. The number of benzene rings is 1. The van der Waals surface area contributed by atoms with Gasteiger partial charge in [0.1, 0.15) is 11.5 Å². The van der Waals surface area contributed by atoms with Crippen molar-refractivity contribution in [2.45, 2.75) is 56.9 Å². The highest BCUT2D eigenvalue weighted by atomic mass is 79.9. The molecule has 3 fully saturated rings. The Balaban J connectivity index is 0.00000157. The number of phenols is 1. The number of carbonyl (C=O) groups is 1. The molecule has 3 nitrogen and oxygen atoms in total. The maximum absolute atomic E-state index is 12.5. The second-order valence-electron chi connectivity index (χ2n) is 8.88. The Morgan fingerprint density at radius 1 is 1.28 bits per heavy atom. The zero-order valence-electron chi connectivity index (χ0n) is 14.9. The number of piperidine rings is 1. The number of likely N-dealkylation sites (tertiary alicyclic amines) is 1. The van der Waals surface area contributed by atoms with E-state index in [2.05, 4.69) is 17.9 Å². The summed E-state index contributed by atoms with van der Waals surface area (Å²) in [5.41, 5.74) is 2.64. The number of fused-ring (bicyclic) bond motifs is 1. The van der Waals surface area contributed by atoms with Crippen LogP contribution in [-0.4, -0.2) is 34.9 Å². The Bertz CT molecular complexity index is 701. The molecular weight excluding hydrogens is 378 g/mol. The Morgan fingerprint density at radius 2 is 2.08 bits per heavy atom. The number of hydrogen-bond acceptors (Lipinski definition) is 3. The van der Waals surface area contributed by atoms with Crippen LogP contribution in [0, 0.1) is 17.8 Å². The van der Waals surface area contributed by atoms with Crippen molar-refractivity contribution in [3.8, 4) is 5.75 Å². The normalized spacial score (nSPS) is 37.0. The van der Waals surface area contributed by atoms with Gasteiger partial charge in [0.15, 0.2) is 0 Å². The average molecular weight is 406 g/mol. The number of aromatic hydroxyl groups is 1. The van der Waals surface area contributed by atoms with E-state index in [-0.39, 0.29) is 22.4 Å². The molecule has 2 unspecified atom stereocenters. The third-order valence-electron chi connectivity index (χ3n) is 7.29. The molecule has 0 spiro atoms. The van der Waals surface area contributed by atoms with E-state index in [4.69, 9.17) is 0 Å². The third kappa shape index (κ3) is 2.68. The molecule has 1 aromatic carbocycles. The molecule has 136 valence electrons. The SMILES string of the molecule is Br.C[C@@H]1CC(=O)CC23CCN(CC4CC4)C(Cc4ccc(O)cc42)[C@@H]13. The summed E-state index contributed by atoms with van der Waals surface area (Å²) in [4.78, 5) is 15.3. The lowest BCUT2D eigenvalue weighted by atomic mass is 9.49. The second-order valence-corrected chi connectivity index (χ2v) is 8.88. The van der Waals surface area contributed by atoms with Crippen LogP contribution in [0.25, 0.3) is 0 Å². The number of nitrogens with zero attached hydrogens (tertiary/aromatic N) is 1. The maximum Gasteiger partial charge on any atom is 0.134 e. The Labute approximate surface area is 160 Å². The van der Waals surface area contributed by atoms with Gasteiger partial charge < -0.3 is 5.11 Å². The van der Waals surface area contributed by atoms with Gasteiger partial charge >= 0.3 is 0 Å². The van der Waals surface area contributed by atoms with Gasteiger partial charge in [0.25, 0.3) is 0 Å².